The second-order valence-electron chi connectivity index (χ2n) is 15.5. The molecular formula is C47H48BN4Na3O19PS3. The number of nitrogens with one attached hydrogen (secondary N) is 2. The molecule has 2 fully saturated rings. The minimum absolute atomic E-state index is 0. The zero-order valence-electron chi connectivity index (χ0n) is 42.8. The van der Waals surface area contributed by atoms with Crippen LogP contribution in [0.25, 0.3) is 0 Å². The van der Waals surface area contributed by atoms with Gasteiger partial charge in [-0.15, -0.1) is 6.58 Å². The van der Waals surface area contributed by atoms with E-state index >= 15 is 0 Å². The number of hydrogen-bond donors (Lipinski definition) is 5. The number of H-pyrrole nitrogens is 2. The van der Waals surface area contributed by atoms with E-state index in [9.17, 15) is 60.6 Å². The van der Waals surface area contributed by atoms with Gasteiger partial charge in [-0.05, 0) is 60.2 Å². The van der Waals surface area contributed by atoms with Crippen LogP contribution in [0.3, 0.4) is 0 Å². The van der Waals surface area contributed by atoms with E-state index in [0.29, 0.717) is 58.7 Å². The fourth-order valence-electron chi connectivity index (χ4n) is 7.13. The van der Waals surface area contributed by atoms with Crippen molar-refractivity contribution < 1.29 is 159 Å². The van der Waals surface area contributed by atoms with E-state index < -0.39 is 91.2 Å². The fourth-order valence-corrected chi connectivity index (χ4v) is 11.2. The summed E-state index contributed by atoms with van der Waals surface area (Å²) < 4.78 is 92.4. The van der Waals surface area contributed by atoms with Gasteiger partial charge in [0.1, 0.15) is 56.0 Å². The van der Waals surface area contributed by atoms with Crippen molar-refractivity contribution in [3.63, 3.8) is 0 Å². The first-order valence-corrected chi connectivity index (χ1v) is 26.9. The zero-order chi connectivity index (χ0) is 54.2. The molecule has 0 saturated carbocycles. The molecule has 399 valence electrons. The SMILES string of the molecule is C=CCOC1C[C@H](n2cc(C#CCC)c(=O)[nH]c2=O)O[C@@H]1CO.CCC#Cc1cn([C@H]2CC(O)[C@@H](CO)O2)c(=O)[nH]c1=O.O=S(=O)([O-])c1cccc(P(c2cccc(SOO[O-])c2)c2cccc(S(=O)(=O)[O-])c2)c1.[B].[Na+].[Na+].[Na+]. The second-order valence-corrected chi connectivity index (χ2v) is 21.3. The Morgan fingerprint density at radius 1 is 0.756 bits per heavy atom. The summed E-state index contributed by atoms with van der Waals surface area (Å²) in [5, 5.41) is 43.0. The van der Waals surface area contributed by atoms with Crippen molar-refractivity contribution in [2.75, 3.05) is 19.8 Å². The molecule has 5 aromatic rings. The van der Waals surface area contributed by atoms with Crippen LogP contribution >= 0.6 is 20.0 Å². The summed E-state index contributed by atoms with van der Waals surface area (Å²) in [4.78, 5) is 51.1. The van der Waals surface area contributed by atoms with E-state index in [0.717, 1.165) is 12.1 Å². The van der Waals surface area contributed by atoms with Crippen molar-refractivity contribution in [3.05, 3.63) is 151 Å². The summed E-state index contributed by atoms with van der Waals surface area (Å²) in [6, 6.07) is 17.3. The second kappa shape index (κ2) is 35.2. The number of benzene rings is 3. The van der Waals surface area contributed by atoms with Crippen molar-refractivity contribution >= 4 is 64.5 Å². The molecule has 3 radical (unpaired) electrons. The molecule has 2 unspecified atom stereocenters. The van der Waals surface area contributed by atoms with Crippen LogP contribution in [0.1, 0.15) is 63.1 Å². The molecule has 2 aromatic heterocycles. The number of hydrogen-bond acceptors (Lipinski definition) is 20. The average molecular weight is 1180 g/mol. The van der Waals surface area contributed by atoms with Crippen molar-refractivity contribution in [3.8, 4) is 23.7 Å². The average Bonchev–Trinajstić information content (AvgIpc) is 3.97. The maximum atomic E-state index is 12.0. The van der Waals surface area contributed by atoms with Gasteiger partial charge in [0.05, 0.1) is 53.9 Å². The Balaban J connectivity index is 0.000000585. The van der Waals surface area contributed by atoms with Gasteiger partial charge in [0.25, 0.3) is 11.1 Å². The van der Waals surface area contributed by atoms with Gasteiger partial charge in [-0.25, -0.2) is 26.4 Å². The van der Waals surface area contributed by atoms with Crippen LogP contribution in [-0.4, -0.2) is 113 Å². The number of aromatic amines is 2. The summed E-state index contributed by atoms with van der Waals surface area (Å²) in [6.07, 6.45) is 2.21. The van der Waals surface area contributed by atoms with E-state index in [2.05, 4.69) is 49.6 Å². The van der Waals surface area contributed by atoms with Crippen molar-refractivity contribution in [2.24, 2.45) is 0 Å². The Morgan fingerprint density at radius 2 is 1.21 bits per heavy atom. The molecule has 31 heteroatoms. The topological polar surface area (TPSA) is 354 Å². The third-order valence-corrected chi connectivity index (χ3v) is 15.1. The quantitative estimate of drug-likeness (QED) is 0.00950. The number of rotatable bonds is 15. The smallest absolute Gasteiger partial charge is 0.744 e. The first-order valence-electron chi connectivity index (χ1n) is 22.0. The fraction of sp³-hybridized carbons (Fsp3) is 0.319. The monoisotopic (exact) mass is 1180 g/mol. The first kappa shape index (κ1) is 73.2. The molecule has 78 heavy (non-hydrogen) atoms. The van der Waals surface area contributed by atoms with E-state index in [1.165, 1.54) is 45.8 Å². The van der Waals surface area contributed by atoms with Crippen LogP contribution < -0.4 is 132 Å². The summed E-state index contributed by atoms with van der Waals surface area (Å²) in [5.74, 6) is 10.9. The molecule has 4 heterocycles. The van der Waals surface area contributed by atoms with Gasteiger partial charge in [0.15, 0.2) is 0 Å². The molecule has 0 amide bonds. The number of ether oxygens (including phenoxy) is 3. The van der Waals surface area contributed by atoms with Crippen LogP contribution in [-0.2, 0) is 43.8 Å². The number of nitrogens with zero attached hydrogens (tertiary/aromatic N) is 2. The normalized spacial score (nSPS) is 18.2. The Hall–Kier alpha value is -2.82. The van der Waals surface area contributed by atoms with Crippen molar-refractivity contribution in [2.45, 2.75) is 91.1 Å². The first-order chi connectivity index (χ1) is 35.3. The Bertz CT molecular complexity index is 3310. The largest absolute Gasteiger partial charge is 1.00 e. The zero-order valence-corrected chi connectivity index (χ0v) is 52.1. The summed E-state index contributed by atoms with van der Waals surface area (Å²) in [7, 11) is -11.1. The molecule has 2 aliphatic rings. The van der Waals surface area contributed by atoms with Crippen molar-refractivity contribution in [1.29, 1.82) is 0 Å². The van der Waals surface area contributed by atoms with Crippen LogP contribution in [0, 0.1) is 23.7 Å². The maximum absolute atomic E-state index is 12.0. The van der Waals surface area contributed by atoms with Gasteiger partial charge in [0, 0.05) is 51.4 Å². The Kier molecular flexibility index (Phi) is 33.1. The van der Waals surface area contributed by atoms with Gasteiger partial charge in [-0.3, -0.25) is 33.7 Å². The molecule has 7 rings (SSSR count). The predicted octanol–water partition coefficient (Wildman–Crippen LogP) is -9.80. The van der Waals surface area contributed by atoms with Crippen LogP contribution in [0.5, 0.6) is 0 Å². The van der Waals surface area contributed by atoms with Gasteiger partial charge in [-0.1, -0.05) is 80.0 Å². The summed E-state index contributed by atoms with van der Waals surface area (Å²) >= 11 is 0.641. The maximum Gasteiger partial charge on any atom is 1.00 e. The van der Waals surface area contributed by atoms with E-state index in [1.807, 2.05) is 13.8 Å². The van der Waals surface area contributed by atoms with Gasteiger partial charge in [-0.2, -0.15) is 4.33 Å². The molecule has 2 aliphatic heterocycles. The van der Waals surface area contributed by atoms with E-state index in [-0.39, 0.29) is 134 Å². The molecule has 0 bridgehead atoms. The molecule has 6 atom stereocenters. The summed E-state index contributed by atoms with van der Waals surface area (Å²) in [6.45, 7) is 7.05. The van der Waals surface area contributed by atoms with Crippen molar-refractivity contribution in [1.82, 2.24) is 19.1 Å². The van der Waals surface area contributed by atoms with Gasteiger partial charge < -0.3 is 43.9 Å². The molecule has 2 saturated heterocycles. The number of aromatic nitrogens is 4. The Morgan fingerprint density at radius 3 is 1.63 bits per heavy atom. The van der Waals surface area contributed by atoms with Crippen LogP contribution in [0.4, 0.5) is 0 Å². The van der Waals surface area contributed by atoms with E-state index in [1.54, 1.807) is 42.5 Å². The van der Waals surface area contributed by atoms with Crippen LogP contribution in [0.15, 0.2) is 132 Å². The van der Waals surface area contributed by atoms with Gasteiger partial charge >= 0.3 is 100 Å². The molecular weight excluding hydrogens is 1130 g/mol. The number of aliphatic hydroxyl groups is 3. The predicted molar refractivity (Wildman–Crippen MR) is 269 cm³/mol. The third-order valence-electron chi connectivity index (χ3n) is 10.5. The molecule has 5 N–H and O–H groups in total. The summed E-state index contributed by atoms with van der Waals surface area (Å²) in [5.41, 5.74) is -1.92. The molecule has 3 aromatic carbocycles. The van der Waals surface area contributed by atoms with Crippen LogP contribution in [0.2, 0.25) is 0 Å². The molecule has 23 nitrogen and oxygen atoms in total. The Labute approximate surface area is 522 Å². The number of aliphatic hydroxyl groups excluding tert-OH is 3. The minimum atomic E-state index is -4.74. The van der Waals surface area contributed by atoms with E-state index in [4.69, 9.17) is 19.3 Å². The standard InChI is InChI=1S/C18H15O9PS3.C16H20N2O5.C13H16N2O5.B.3Na/c19-26-27-29-16-7-1-4-13(10-16)28(14-5-2-8-17(11-14)30(20,21)22)15-6-3-9-18(12-15)31(23,24)25;1-3-5-6-11-9-18(16(21)17-15(11)20)14-8-12(22-7-4-2)13(10-19)23-14;1-2-3-4-8-6-15(13(19)14-12(8)18)11-5-9(17)10(7-16)20-11;;;;/h1-12,19H,(H,20,21,22)(H,23,24,25);4,9,12-14,19H,2-3,7-8,10H2,1H3,(H,17,20,21);6,9-11,16-17H,2,5,7H2,1H3,(H,14,18,19);;;;/q;;;;3*+1/p-3/t;12?,13-,14-;9?,10-,11-;;;;/m.11..../s1. The molecule has 0 aliphatic carbocycles. The minimum Gasteiger partial charge on any atom is -0.744 e. The van der Waals surface area contributed by atoms with Gasteiger partial charge in [0.2, 0.25) is 0 Å². The molecule has 0 spiro atoms. The third kappa shape index (κ3) is 20.9.